The van der Waals surface area contributed by atoms with Crippen molar-refractivity contribution < 1.29 is 9.47 Å². The zero-order chi connectivity index (χ0) is 10.1. The SMILES string of the molecule is CC.CCOC1CCOC(CN)C1. The van der Waals surface area contributed by atoms with Crippen molar-refractivity contribution in [1.82, 2.24) is 0 Å². The van der Waals surface area contributed by atoms with Crippen LogP contribution < -0.4 is 5.73 Å². The van der Waals surface area contributed by atoms with E-state index in [-0.39, 0.29) is 6.10 Å². The van der Waals surface area contributed by atoms with Crippen molar-refractivity contribution in [2.75, 3.05) is 19.8 Å². The largest absolute Gasteiger partial charge is 0.378 e. The van der Waals surface area contributed by atoms with E-state index in [1.165, 1.54) is 0 Å². The molecule has 1 fully saturated rings. The summed E-state index contributed by atoms with van der Waals surface area (Å²) in [6.45, 7) is 8.23. The van der Waals surface area contributed by atoms with Gasteiger partial charge in [-0.15, -0.1) is 0 Å². The first-order chi connectivity index (χ1) is 6.36. The lowest BCUT2D eigenvalue weighted by atomic mass is 10.1. The van der Waals surface area contributed by atoms with E-state index in [4.69, 9.17) is 15.2 Å². The maximum absolute atomic E-state index is 5.48. The number of rotatable bonds is 3. The van der Waals surface area contributed by atoms with Gasteiger partial charge in [-0.3, -0.25) is 0 Å². The van der Waals surface area contributed by atoms with Gasteiger partial charge in [0.1, 0.15) is 0 Å². The lowest BCUT2D eigenvalue weighted by Crippen LogP contribution is -2.35. The van der Waals surface area contributed by atoms with Gasteiger partial charge in [0, 0.05) is 26.2 Å². The van der Waals surface area contributed by atoms with Gasteiger partial charge in [-0.25, -0.2) is 0 Å². The molecule has 0 radical (unpaired) electrons. The minimum Gasteiger partial charge on any atom is -0.378 e. The fourth-order valence-corrected chi connectivity index (χ4v) is 1.40. The lowest BCUT2D eigenvalue weighted by molar-refractivity contribution is -0.0657. The lowest BCUT2D eigenvalue weighted by Gasteiger charge is -2.28. The molecule has 2 unspecified atom stereocenters. The van der Waals surface area contributed by atoms with Crippen LogP contribution in [0.4, 0.5) is 0 Å². The highest BCUT2D eigenvalue weighted by Crippen LogP contribution is 2.15. The van der Waals surface area contributed by atoms with Gasteiger partial charge in [0.05, 0.1) is 12.2 Å². The zero-order valence-corrected chi connectivity index (χ0v) is 9.08. The number of hydrogen-bond acceptors (Lipinski definition) is 3. The summed E-state index contributed by atoms with van der Waals surface area (Å²) in [4.78, 5) is 0. The Balaban J connectivity index is 0.000000671. The molecule has 80 valence electrons. The summed E-state index contributed by atoms with van der Waals surface area (Å²) in [6.07, 6.45) is 2.58. The molecule has 2 N–H and O–H groups in total. The summed E-state index contributed by atoms with van der Waals surface area (Å²) in [5, 5.41) is 0. The normalized spacial score (nSPS) is 27.7. The molecule has 0 aromatic heterocycles. The number of ether oxygens (including phenoxy) is 2. The Kier molecular flexibility index (Phi) is 8.40. The van der Waals surface area contributed by atoms with Gasteiger partial charge >= 0.3 is 0 Å². The van der Waals surface area contributed by atoms with E-state index in [1.54, 1.807) is 0 Å². The van der Waals surface area contributed by atoms with E-state index in [0.29, 0.717) is 12.6 Å². The fraction of sp³-hybridized carbons (Fsp3) is 1.00. The van der Waals surface area contributed by atoms with Crippen molar-refractivity contribution >= 4 is 0 Å². The minimum atomic E-state index is 0.222. The zero-order valence-electron chi connectivity index (χ0n) is 9.08. The molecule has 0 bridgehead atoms. The summed E-state index contributed by atoms with van der Waals surface area (Å²) < 4.78 is 10.9. The molecule has 0 spiro atoms. The molecular weight excluding hydrogens is 166 g/mol. The molecule has 0 saturated carbocycles. The molecule has 1 heterocycles. The monoisotopic (exact) mass is 189 g/mol. The van der Waals surface area contributed by atoms with Crippen LogP contribution in [0.2, 0.25) is 0 Å². The third-order valence-corrected chi connectivity index (χ3v) is 1.98. The van der Waals surface area contributed by atoms with Crippen LogP contribution in [0, 0.1) is 0 Å². The van der Waals surface area contributed by atoms with Crippen LogP contribution >= 0.6 is 0 Å². The van der Waals surface area contributed by atoms with E-state index in [2.05, 4.69) is 0 Å². The molecule has 0 aliphatic carbocycles. The first kappa shape index (κ1) is 12.9. The van der Waals surface area contributed by atoms with Crippen molar-refractivity contribution in [3.8, 4) is 0 Å². The van der Waals surface area contributed by atoms with Gasteiger partial charge < -0.3 is 15.2 Å². The molecule has 2 atom stereocenters. The Bertz CT molecular complexity index is 107. The Hall–Kier alpha value is -0.120. The number of nitrogens with two attached hydrogens (primary N) is 1. The van der Waals surface area contributed by atoms with Gasteiger partial charge in [0.25, 0.3) is 0 Å². The highest BCUT2D eigenvalue weighted by Gasteiger charge is 2.21. The van der Waals surface area contributed by atoms with E-state index in [9.17, 15) is 0 Å². The van der Waals surface area contributed by atoms with Crippen molar-refractivity contribution in [3.63, 3.8) is 0 Å². The smallest absolute Gasteiger partial charge is 0.0722 e. The summed E-state index contributed by atoms with van der Waals surface area (Å²) in [6, 6.07) is 0. The minimum absolute atomic E-state index is 0.222. The molecule has 0 amide bonds. The number of hydrogen-bond donors (Lipinski definition) is 1. The van der Waals surface area contributed by atoms with E-state index < -0.39 is 0 Å². The van der Waals surface area contributed by atoms with Crippen LogP contribution in [-0.2, 0) is 9.47 Å². The third-order valence-electron chi connectivity index (χ3n) is 1.98. The standard InChI is InChI=1S/C8H17NO2.C2H6/c1-2-10-7-3-4-11-8(5-7)6-9;1-2/h7-8H,2-6,9H2,1H3;1-2H3. The molecule has 13 heavy (non-hydrogen) atoms. The van der Waals surface area contributed by atoms with Crippen LogP contribution in [0.5, 0.6) is 0 Å². The molecule has 3 nitrogen and oxygen atoms in total. The Morgan fingerprint density at radius 3 is 2.69 bits per heavy atom. The first-order valence-electron chi connectivity index (χ1n) is 5.30. The predicted octanol–water partition coefficient (Wildman–Crippen LogP) is 1.56. The van der Waals surface area contributed by atoms with Crippen LogP contribution in [0.15, 0.2) is 0 Å². The molecule has 1 saturated heterocycles. The molecule has 0 aromatic carbocycles. The van der Waals surface area contributed by atoms with Gasteiger partial charge in [0.2, 0.25) is 0 Å². The molecule has 0 aromatic rings. The van der Waals surface area contributed by atoms with E-state index in [0.717, 1.165) is 26.1 Å². The first-order valence-corrected chi connectivity index (χ1v) is 5.30. The quantitative estimate of drug-likeness (QED) is 0.732. The van der Waals surface area contributed by atoms with Crippen LogP contribution in [0.1, 0.15) is 33.6 Å². The molecular formula is C10H23NO2. The Morgan fingerprint density at radius 1 is 1.46 bits per heavy atom. The van der Waals surface area contributed by atoms with Gasteiger partial charge in [-0.1, -0.05) is 13.8 Å². The molecule has 3 heteroatoms. The van der Waals surface area contributed by atoms with Gasteiger partial charge in [0.15, 0.2) is 0 Å². The summed E-state index contributed by atoms with van der Waals surface area (Å²) >= 11 is 0. The van der Waals surface area contributed by atoms with Crippen molar-refractivity contribution in [2.24, 2.45) is 5.73 Å². The van der Waals surface area contributed by atoms with Gasteiger partial charge in [-0.05, 0) is 13.3 Å². The van der Waals surface area contributed by atoms with Crippen molar-refractivity contribution in [1.29, 1.82) is 0 Å². The Labute approximate surface area is 81.6 Å². The highest BCUT2D eigenvalue weighted by atomic mass is 16.5. The predicted molar refractivity (Wildman–Crippen MR) is 54.8 cm³/mol. The molecule has 1 aliphatic heterocycles. The summed E-state index contributed by atoms with van der Waals surface area (Å²) in [5.41, 5.74) is 5.48. The summed E-state index contributed by atoms with van der Waals surface area (Å²) in [5.74, 6) is 0. The van der Waals surface area contributed by atoms with Crippen LogP contribution in [0.3, 0.4) is 0 Å². The average molecular weight is 189 g/mol. The average Bonchev–Trinajstić information content (AvgIpc) is 2.22. The second-order valence-electron chi connectivity index (χ2n) is 2.83. The fourth-order valence-electron chi connectivity index (χ4n) is 1.40. The molecule has 1 rings (SSSR count). The summed E-state index contributed by atoms with van der Waals surface area (Å²) in [7, 11) is 0. The van der Waals surface area contributed by atoms with Gasteiger partial charge in [-0.2, -0.15) is 0 Å². The molecule has 1 aliphatic rings. The Morgan fingerprint density at radius 2 is 2.15 bits per heavy atom. The second-order valence-corrected chi connectivity index (χ2v) is 2.83. The van der Waals surface area contributed by atoms with Crippen molar-refractivity contribution in [2.45, 2.75) is 45.8 Å². The topological polar surface area (TPSA) is 44.5 Å². The van der Waals surface area contributed by atoms with Crippen LogP contribution in [0.25, 0.3) is 0 Å². The highest BCUT2D eigenvalue weighted by molar-refractivity contribution is 4.72. The maximum Gasteiger partial charge on any atom is 0.0722 e. The van der Waals surface area contributed by atoms with Crippen LogP contribution in [-0.4, -0.2) is 32.0 Å². The van der Waals surface area contributed by atoms with E-state index >= 15 is 0 Å². The van der Waals surface area contributed by atoms with Crippen molar-refractivity contribution in [3.05, 3.63) is 0 Å². The second kappa shape index (κ2) is 8.48. The maximum atomic E-state index is 5.48. The van der Waals surface area contributed by atoms with E-state index in [1.807, 2.05) is 20.8 Å². The third kappa shape index (κ3) is 5.24.